The zero-order valence-electron chi connectivity index (χ0n) is 5.80. The van der Waals surface area contributed by atoms with Crippen LogP contribution in [-0.2, 0) is 5.60 Å². The molecule has 0 bridgehead atoms. The van der Waals surface area contributed by atoms with Crippen LogP contribution in [0.3, 0.4) is 0 Å². The summed E-state index contributed by atoms with van der Waals surface area (Å²) in [7, 11) is 0. The van der Waals surface area contributed by atoms with Gasteiger partial charge < -0.3 is 14.8 Å². The molecule has 0 atom stereocenters. The topological polar surface area (TPSA) is 45.4 Å². The van der Waals surface area contributed by atoms with Crippen LogP contribution in [-0.4, -0.2) is 18.2 Å². The standard InChI is InChI=1S/C7H8BrNO2/c8-6-2-1-5(11-6)7(10)3-9-4-7/h1-2,9-10H,3-4H2. The van der Waals surface area contributed by atoms with Gasteiger partial charge in [-0.15, -0.1) is 0 Å². The number of nitrogens with one attached hydrogen (secondary N) is 1. The molecule has 2 rings (SSSR count). The Morgan fingerprint density at radius 1 is 1.55 bits per heavy atom. The van der Waals surface area contributed by atoms with Gasteiger partial charge in [0.2, 0.25) is 0 Å². The van der Waals surface area contributed by atoms with Crippen molar-refractivity contribution in [3.8, 4) is 0 Å². The molecular formula is C7H8BrNO2. The van der Waals surface area contributed by atoms with E-state index in [0.717, 1.165) is 0 Å². The molecule has 0 radical (unpaired) electrons. The number of β-amino-alcohol motifs (C(OH)–C–C–N with tert-alkyl or cyclic N) is 1. The minimum Gasteiger partial charge on any atom is -0.451 e. The van der Waals surface area contributed by atoms with Crippen LogP contribution in [0.4, 0.5) is 0 Å². The summed E-state index contributed by atoms with van der Waals surface area (Å²) in [5.41, 5.74) is -0.772. The largest absolute Gasteiger partial charge is 0.451 e. The van der Waals surface area contributed by atoms with Crippen molar-refractivity contribution >= 4 is 15.9 Å². The average molecular weight is 218 g/mol. The predicted octanol–water partition coefficient (Wildman–Crippen LogP) is 0.833. The maximum Gasteiger partial charge on any atom is 0.169 e. The SMILES string of the molecule is OC1(c2ccc(Br)o2)CNC1. The summed E-state index contributed by atoms with van der Waals surface area (Å²) in [5, 5.41) is 12.7. The van der Waals surface area contributed by atoms with Crippen molar-refractivity contribution in [2.45, 2.75) is 5.60 Å². The first kappa shape index (κ1) is 7.34. The third-order valence-electron chi connectivity index (χ3n) is 1.87. The highest BCUT2D eigenvalue weighted by atomic mass is 79.9. The fraction of sp³-hybridized carbons (Fsp3) is 0.429. The Labute approximate surface area is 72.5 Å². The van der Waals surface area contributed by atoms with Crippen LogP contribution in [0.2, 0.25) is 0 Å². The Bertz CT molecular complexity index is 267. The van der Waals surface area contributed by atoms with Gasteiger partial charge in [0.25, 0.3) is 0 Å². The number of hydrogen-bond donors (Lipinski definition) is 2. The molecule has 60 valence electrons. The van der Waals surface area contributed by atoms with Crippen LogP contribution in [0.5, 0.6) is 0 Å². The number of halogens is 1. The molecule has 3 nitrogen and oxygen atoms in total. The van der Waals surface area contributed by atoms with E-state index in [1.54, 1.807) is 12.1 Å². The van der Waals surface area contributed by atoms with Crippen molar-refractivity contribution in [3.05, 3.63) is 22.6 Å². The molecule has 1 aromatic rings. The Morgan fingerprint density at radius 2 is 2.27 bits per heavy atom. The summed E-state index contributed by atoms with van der Waals surface area (Å²) in [6, 6.07) is 3.57. The minimum absolute atomic E-state index is 0.576. The number of furan rings is 1. The van der Waals surface area contributed by atoms with Crippen molar-refractivity contribution in [1.82, 2.24) is 5.32 Å². The predicted molar refractivity (Wildman–Crippen MR) is 43.2 cm³/mol. The second kappa shape index (κ2) is 2.33. The molecule has 0 amide bonds. The van der Waals surface area contributed by atoms with Gasteiger partial charge in [0.05, 0.1) is 0 Å². The molecular weight excluding hydrogens is 210 g/mol. The Balaban J connectivity index is 2.28. The van der Waals surface area contributed by atoms with Crippen molar-refractivity contribution in [1.29, 1.82) is 0 Å². The van der Waals surface area contributed by atoms with E-state index in [1.165, 1.54) is 0 Å². The molecule has 2 heterocycles. The molecule has 0 aliphatic carbocycles. The highest BCUT2D eigenvalue weighted by Crippen LogP contribution is 2.28. The van der Waals surface area contributed by atoms with Gasteiger partial charge in [-0.2, -0.15) is 0 Å². The van der Waals surface area contributed by atoms with Gasteiger partial charge in [-0.25, -0.2) is 0 Å². The lowest BCUT2D eigenvalue weighted by molar-refractivity contribution is -0.0338. The average Bonchev–Trinajstić information content (AvgIpc) is 2.31. The quantitative estimate of drug-likeness (QED) is 0.733. The van der Waals surface area contributed by atoms with Crippen LogP contribution >= 0.6 is 15.9 Å². The Morgan fingerprint density at radius 3 is 2.64 bits per heavy atom. The molecule has 0 unspecified atom stereocenters. The van der Waals surface area contributed by atoms with Crippen LogP contribution in [0.25, 0.3) is 0 Å². The first-order chi connectivity index (χ1) is 5.21. The zero-order valence-corrected chi connectivity index (χ0v) is 7.39. The van der Waals surface area contributed by atoms with E-state index in [-0.39, 0.29) is 0 Å². The summed E-state index contributed by atoms with van der Waals surface area (Å²) >= 11 is 3.18. The van der Waals surface area contributed by atoms with E-state index in [2.05, 4.69) is 21.2 Å². The molecule has 0 saturated carbocycles. The summed E-state index contributed by atoms with van der Waals surface area (Å²) in [4.78, 5) is 0. The molecule has 1 aliphatic rings. The Hall–Kier alpha value is -0.320. The second-order valence-electron chi connectivity index (χ2n) is 2.74. The van der Waals surface area contributed by atoms with Gasteiger partial charge in [0.1, 0.15) is 11.4 Å². The monoisotopic (exact) mass is 217 g/mol. The molecule has 0 aromatic carbocycles. The number of rotatable bonds is 1. The molecule has 0 spiro atoms. The van der Waals surface area contributed by atoms with Gasteiger partial charge >= 0.3 is 0 Å². The van der Waals surface area contributed by atoms with Crippen molar-refractivity contribution in [2.24, 2.45) is 0 Å². The van der Waals surface area contributed by atoms with Gasteiger partial charge in [-0.05, 0) is 28.1 Å². The summed E-state index contributed by atoms with van der Waals surface area (Å²) in [6.07, 6.45) is 0. The highest BCUT2D eigenvalue weighted by molar-refractivity contribution is 9.10. The van der Waals surface area contributed by atoms with Crippen molar-refractivity contribution in [3.63, 3.8) is 0 Å². The lowest BCUT2D eigenvalue weighted by Crippen LogP contribution is -2.56. The maximum absolute atomic E-state index is 9.72. The zero-order chi connectivity index (χ0) is 7.90. The molecule has 1 fully saturated rings. The van der Waals surface area contributed by atoms with E-state index < -0.39 is 5.60 Å². The van der Waals surface area contributed by atoms with Crippen LogP contribution in [0.15, 0.2) is 21.2 Å². The van der Waals surface area contributed by atoms with Crippen LogP contribution < -0.4 is 5.32 Å². The van der Waals surface area contributed by atoms with Gasteiger partial charge in [-0.1, -0.05) is 0 Å². The molecule has 1 aromatic heterocycles. The normalized spacial score (nSPS) is 21.3. The second-order valence-corrected chi connectivity index (χ2v) is 3.52. The van der Waals surface area contributed by atoms with Gasteiger partial charge in [-0.3, -0.25) is 0 Å². The Kier molecular flexibility index (Phi) is 1.56. The van der Waals surface area contributed by atoms with Crippen LogP contribution in [0, 0.1) is 0 Å². The van der Waals surface area contributed by atoms with E-state index in [9.17, 15) is 5.11 Å². The van der Waals surface area contributed by atoms with E-state index in [0.29, 0.717) is 23.5 Å². The number of aliphatic hydroxyl groups is 1. The first-order valence-electron chi connectivity index (χ1n) is 3.40. The van der Waals surface area contributed by atoms with E-state index in [4.69, 9.17) is 4.42 Å². The van der Waals surface area contributed by atoms with Gasteiger partial charge in [0, 0.05) is 13.1 Å². The smallest absolute Gasteiger partial charge is 0.169 e. The summed E-state index contributed by atoms with van der Waals surface area (Å²) in [5.74, 6) is 0.628. The fourth-order valence-electron chi connectivity index (χ4n) is 1.10. The summed E-state index contributed by atoms with van der Waals surface area (Å²) < 4.78 is 5.88. The van der Waals surface area contributed by atoms with Crippen molar-refractivity contribution < 1.29 is 9.52 Å². The van der Waals surface area contributed by atoms with E-state index in [1.807, 2.05) is 0 Å². The van der Waals surface area contributed by atoms with Crippen LogP contribution in [0.1, 0.15) is 5.76 Å². The molecule has 11 heavy (non-hydrogen) atoms. The third-order valence-corrected chi connectivity index (χ3v) is 2.29. The lowest BCUT2D eigenvalue weighted by atomic mass is 9.94. The lowest BCUT2D eigenvalue weighted by Gasteiger charge is -2.35. The minimum atomic E-state index is -0.772. The molecule has 1 aliphatic heterocycles. The number of hydrogen-bond acceptors (Lipinski definition) is 3. The maximum atomic E-state index is 9.72. The molecule has 4 heteroatoms. The highest BCUT2D eigenvalue weighted by Gasteiger charge is 2.39. The fourth-order valence-corrected chi connectivity index (χ4v) is 1.41. The van der Waals surface area contributed by atoms with E-state index >= 15 is 0 Å². The third kappa shape index (κ3) is 1.11. The van der Waals surface area contributed by atoms with Crippen molar-refractivity contribution in [2.75, 3.05) is 13.1 Å². The molecule has 1 saturated heterocycles. The van der Waals surface area contributed by atoms with Gasteiger partial charge in [0.15, 0.2) is 4.67 Å². The first-order valence-corrected chi connectivity index (χ1v) is 4.19. The molecule has 2 N–H and O–H groups in total. The summed E-state index contributed by atoms with van der Waals surface area (Å²) in [6.45, 7) is 1.15.